The molecule has 0 aromatic heterocycles. The summed E-state index contributed by atoms with van der Waals surface area (Å²) in [4.78, 5) is 0. The van der Waals surface area contributed by atoms with Gasteiger partial charge in [0.25, 0.3) is 0 Å². The molecule has 0 spiro atoms. The molecule has 4 heavy (non-hydrogen) atoms. The summed E-state index contributed by atoms with van der Waals surface area (Å²) in [5.74, 6) is 0. The van der Waals surface area contributed by atoms with E-state index in [0.717, 1.165) is 0 Å². The van der Waals surface area contributed by atoms with Crippen molar-refractivity contribution in [1.82, 2.24) is 0 Å². The molecule has 0 fully saturated rings. The Balaban J connectivity index is 0. The molecule has 0 aromatic rings. The molecule has 0 atom stereocenters. The van der Waals surface area contributed by atoms with Crippen LogP contribution in [0.4, 0.5) is 0 Å². The molecule has 0 heterocycles. The Hall–Kier alpha value is 1.74. The van der Waals surface area contributed by atoms with Crippen LogP contribution in [0.15, 0.2) is 0 Å². The number of hydrogen-bond donors (Lipinski definition) is 0. The van der Waals surface area contributed by atoms with Gasteiger partial charge in [0.15, 0.2) is 17.4 Å². The molecular weight excluding hydrogens is 273 g/mol. The predicted octanol–water partition coefficient (Wildman–Crippen LogP) is -4.74. The fourth-order valence-corrected chi connectivity index (χ4v) is 0. The molecule has 0 N–H and O–H groups in total. The average molecular weight is 285 g/mol. The molecule has 0 unspecified atom stereocenters. The summed E-state index contributed by atoms with van der Waals surface area (Å²) in [7, 11) is 0. The summed E-state index contributed by atoms with van der Waals surface area (Å²) in [5, 5.41) is 0. The summed E-state index contributed by atoms with van der Waals surface area (Å²) < 4.78 is 0. The largest absolute Gasteiger partial charge is 0.0149 e. The quantitative estimate of drug-likeness (QED) is 0.392. The molecule has 4 heteroatoms. The first-order valence-corrected chi connectivity index (χ1v) is 0. The van der Waals surface area contributed by atoms with Gasteiger partial charge in [-0.15, -0.1) is 0 Å². The zero-order chi connectivity index (χ0) is 0. The zero-order valence-corrected chi connectivity index (χ0v) is 6.20. The molecule has 2 radical (unpaired) electrons. The Bertz CT molecular complexity index is 8.00. The van der Waals surface area contributed by atoms with Crippen molar-refractivity contribution in [2.24, 2.45) is 0 Å². The van der Waals surface area contributed by atoms with Crippen LogP contribution in [0.25, 0.3) is 0 Å². The van der Waals surface area contributed by atoms with E-state index in [1.165, 1.54) is 0 Å². The fourth-order valence-electron chi connectivity index (χ4n) is 0. The molecule has 0 aliphatic rings. The van der Waals surface area contributed by atoms with Crippen molar-refractivity contribution in [3.05, 3.63) is 0 Å². The van der Waals surface area contributed by atoms with Crippen molar-refractivity contribution in [2.45, 2.75) is 0 Å². The zero-order valence-electron chi connectivity index (χ0n) is 0.707. The van der Waals surface area contributed by atoms with Crippen molar-refractivity contribution in [1.29, 1.82) is 0 Å². The third-order valence-electron chi connectivity index (χ3n) is 0. The first-order valence-electron chi connectivity index (χ1n) is 0. The number of rotatable bonds is 0. The van der Waals surface area contributed by atoms with Gasteiger partial charge in [-0.3, -0.25) is 0 Å². The van der Waals surface area contributed by atoms with E-state index in [2.05, 4.69) is 0 Å². The minimum Gasteiger partial charge on any atom is -0.0149 e. The molecule has 0 bridgehead atoms. The molecule has 0 rings (SSSR count). The Morgan fingerprint density at radius 2 is 1.00 bits per heavy atom. The predicted molar refractivity (Wildman–Crippen MR) is 39.8 cm³/mol. The van der Waals surface area contributed by atoms with E-state index in [9.17, 15) is 0 Å². The minimum absolute atomic E-state index is 0. The molecule has 0 nitrogen and oxygen atoms in total. The molecule has 0 saturated heterocycles. The number of hydrogen-bond acceptors (Lipinski definition) is 0. The van der Waals surface area contributed by atoms with Crippen molar-refractivity contribution in [3.63, 3.8) is 0 Å². The topological polar surface area (TPSA) is 0 Å². The standard InChI is InChI=1S/Al.BH3.Pb.H4Si.5H/h;1H3;;1H4;;;;;. The Labute approximate surface area is 63.6 Å². The van der Waals surface area contributed by atoms with E-state index in [4.69, 9.17) is 0 Å². The van der Waals surface area contributed by atoms with E-state index in [-0.39, 0.29) is 64.0 Å². The van der Waals surface area contributed by atoms with Gasteiger partial charge in [-0.05, 0) is 11.0 Å². The average Bonchev–Trinajstić information content (AvgIpc) is 0. The van der Waals surface area contributed by atoms with Gasteiger partial charge in [-0.2, -0.15) is 0 Å². The third kappa shape index (κ3) is 9.28. The molecule has 0 aromatic carbocycles. The van der Waals surface area contributed by atoms with Crippen LogP contribution in [0.2, 0.25) is 0 Å². The van der Waals surface area contributed by atoms with Gasteiger partial charge in [-0.25, -0.2) is 0 Å². The van der Waals surface area contributed by atoms with Gasteiger partial charge in [-0.1, -0.05) is 0 Å². The summed E-state index contributed by atoms with van der Waals surface area (Å²) >= 11 is 0. The van der Waals surface area contributed by atoms with Crippen LogP contribution in [0.3, 0.4) is 0 Å². The van der Waals surface area contributed by atoms with Crippen molar-refractivity contribution in [3.8, 4) is 0 Å². The van der Waals surface area contributed by atoms with Crippen molar-refractivity contribution >= 4 is 64.0 Å². The van der Waals surface area contributed by atoms with E-state index >= 15 is 0 Å². The van der Waals surface area contributed by atoms with Crippen molar-refractivity contribution < 1.29 is 0 Å². The van der Waals surface area contributed by atoms with Gasteiger partial charge in [0.1, 0.15) is 0 Å². The van der Waals surface area contributed by atoms with Crippen molar-refractivity contribution in [2.75, 3.05) is 0 Å². The molecule has 0 amide bonds. The normalized spacial score (nSPS) is 0. The van der Waals surface area contributed by atoms with Crippen LogP contribution < -0.4 is 0 Å². The Morgan fingerprint density at radius 1 is 1.00 bits per heavy atom. The maximum atomic E-state index is 0. The van der Waals surface area contributed by atoms with Crippen LogP contribution in [0, 0.1) is 0 Å². The van der Waals surface area contributed by atoms with Gasteiger partial charge in [0, 0.05) is 0 Å². The molecule has 0 saturated carbocycles. The SMILES string of the molecule is B.[AlH3].[PbH2].[SiH4]. The second-order valence-electron chi connectivity index (χ2n) is 0. The second-order valence-corrected chi connectivity index (χ2v) is 0. The van der Waals surface area contributed by atoms with E-state index in [1.54, 1.807) is 0 Å². The van der Waals surface area contributed by atoms with Gasteiger partial charge >= 0.3 is 27.3 Å². The molecule has 0 aliphatic heterocycles. The van der Waals surface area contributed by atoms with E-state index < -0.39 is 0 Å². The van der Waals surface area contributed by atoms with Crippen LogP contribution in [-0.2, 0) is 0 Å². The fraction of sp³-hybridized carbons (Fsp3) is 0. The van der Waals surface area contributed by atoms with E-state index in [0.29, 0.717) is 0 Å². The summed E-state index contributed by atoms with van der Waals surface area (Å²) in [6.45, 7) is 0. The van der Waals surface area contributed by atoms with Crippen LogP contribution >= 0.6 is 0 Å². The Kier molecular flexibility index (Phi) is 234. The summed E-state index contributed by atoms with van der Waals surface area (Å²) in [6.07, 6.45) is 0. The summed E-state index contributed by atoms with van der Waals surface area (Å²) in [6, 6.07) is 0. The molecular formula is H12AlBPbSi. The van der Waals surface area contributed by atoms with Crippen LogP contribution in [0.1, 0.15) is 0 Å². The maximum Gasteiger partial charge on any atom is -0.0149 e. The van der Waals surface area contributed by atoms with Gasteiger partial charge in [0.05, 0.1) is 8.41 Å². The van der Waals surface area contributed by atoms with Crippen LogP contribution in [0.5, 0.6) is 0 Å². The van der Waals surface area contributed by atoms with Gasteiger partial charge in [0.2, 0.25) is 0 Å². The van der Waals surface area contributed by atoms with E-state index in [1.807, 2.05) is 0 Å². The second kappa shape index (κ2) is 21.9. The molecule has 26 valence electrons. The third-order valence-corrected chi connectivity index (χ3v) is 0. The first kappa shape index (κ1) is 42.7. The smallest absolute Gasteiger partial charge is 0.0149 e. The van der Waals surface area contributed by atoms with Crippen LogP contribution in [-0.4, -0.2) is 64.0 Å². The Morgan fingerprint density at radius 3 is 1.00 bits per heavy atom. The first-order chi connectivity index (χ1) is 0. The summed E-state index contributed by atoms with van der Waals surface area (Å²) in [5.41, 5.74) is 0. The molecule has 0 aliphatic carbocycles. The minimum atomic E-state index is 0. The van der Waals surface area contributed by atoms with Gasteiger partial charge < -0.3 is 0 Å². The monoisotopic (exact) mass is 286 g/mol. The maximum absolute atomic E-state index is 0.